The van der Waals surface area contributed by atoms with Crippen molar-refractivity contribution in [2.24, 2.45) is 0 Å². The van der Waals surface area contributed by atoms with Crippen LogP contribution in [-0.2, 0) is 11.4 Å². The molecule has 3 N–H and O–H groups in total. The van der Waals surface area contributed by atoms with E-state index in [0.717, 1.165) is 0 Å². The van der Waals surface area contributed by atoms with Gasteiger partial charge in [0.15, 0.2) is 11.6 Å². The lowest BCUT2D eigenvalue weighted by molar-refractivity contribution is -0.109. The molecule has 1 rings (SSSR count). The van der Waals surface area contributed by atoms with Gasteiger partial charge in [-0.25, -0.2) is 0 Å². The second-order valence-corrected chi connectivity index (χ2v) is 1.72. The van der Waals surface area contributed by atoms with Crippen LogP contribution in [0.4, 0.5) is 5.82 Å². The molecule has 0 saturated heterocycles. The number of hydrazine groups is 1. The molecule has 1 aromatic heterocycles. The van der Waals surface area contributed by atoms with Crippen molar-refractivity contribution in [3.05, 3.63) is 11.8 Å². The summed E-state index contributed by atoms with van der Waals surface area (Å²) in [6.07, 6.45) is 0.466. The largest absolute Gasteiger partial charge is 0.388 e. The summed E-state index contributed by atoms with van der Waals surface area (Å²) < 4.78 is 4.59. The number of hydrogen-bond acceptors (Lipinski definition) is 5. The normalized spacial score (nSPS) is 9.18. The molecule has 0 aromatic carbocycles. The number of hydrogen-bond donors (Lipinski definition) is 3. The van der Waals surface area contributed by atoms with Crippen LogP contribution in [0.25, 0.3) is 0 Å². The number of carbonyl (C=O) groups excluding carboxylic acids is 1. The molecular formula is C5H7N3O3. The van der Waals surface area contributed by atoms with E-state index in [4.69, 9.17) is 5.11 Å². The number of amides is 1. The number of aliphatic hydroxyl groups excluding tert-OH is 1. The lowest BCUT2D eigenvalue weighted by atomic mass is 10.5. The standard InChI is InChI=1S/C5H7N3O3/c9-2-4-1-5(8-11-4)7-6-3-10/h1,3,9H,2H2,(H,6,10)(H,7,8). The molecule has 60 valence electrons. The maximum Gasteiger partial charge on any atom is 0.225 e. The van der Waals surface area contributed by atoms with Crippen LogP contribution in [0, 0.1) is 0 Å². The van der Waals surface area contributed by atoms with Crippen LogP contribution in [0.1, 0.15) is 5.76 Å². The first-order valence-electron chi connectivity index (χ1n) is 2.88. The van der Waals surface area contributed by atoms with Crippen molar-refractivity contribution in [3.8, 4) is 0 Å². The van der Waals surface area contributed by atoms with Crippen molar-refractivity contribution in [1.82, 2.24) is 10.6 Å². The van der Waals surface area contributed by atoms with E-state index >= 15 is 0 Å². The minimum atomic E-state index is -0.213. The Labute approximate surface area is 62.2 Å². The summed E-state index contributed by atoms with van der Waals surface area (Å²) in [7, 11) is 0. The highest BCUT2D eigenvalue weighted by Crippen LogP contribution is 2.06. The Morgan fingerprint density at radius 1 is 1.82 bits per heavy atom. The summed E-state index contributed by atoms with van der Waals surface area (Å²) in [5, 5.41) is 12.0. The maximum atomic E-state index is 9.77. The Balaban J connectivity index is 2.50. The number of anilines is 1. The van der Waals surface area contributed by atoms with E-state index in [0.29, 0.717) is 18.0 Å². The Morgan fingerprint density at radius 3 is 3.18 bits per heavy atom. The van der Waals surface area contributed by atoms with Crippen LogP contribution in [0.3, 0.4) is 0 Å². The Bertz CT molecular complexity index is 235. The van der Waals surface area contributed by atoms with Crippen molar-refractivity contribution in [2.75, 3.05) is 5.43 Å². The summed E-state index contributed by atoms with van der Waals surface area (Å²) in [6, 6.07) is 1.47. The molecule has 0 saturated carbocycles. The predicted octanol–water partition coefficient (Wildman–Crippen LogP) is -0.760. The molecule has 0 unspecified atom stereocenters. The van der Waals surface area contributed by atoms with Crippen molar-refractivity contribution in [2.45, 2.75) is 6.61 Å². The third kappa shape index (κ3) is 1.94. The lowest BCUT2D eigenvalue weighted by Crippen LogP contribution is -2.18. The predicted molar refractivity (Wildman–Crippen MR) is 35.2 cm³/mol. The first kappa shape index (κ1) is 7.55. The number of carbonyl (C=O) groups is 1. The molecule has 0 atom stereocenters. The molecule has 0 aliphatic rings. The van der Waals surface area contributed by atoms with E-state index in [1.807, 2.05) is 0 Å². The molecule has 0 spiro atoms. The molecular weight excluding hydrogens is 150 g/mol. The van der Waals surface area contributed by atoms with Crippen LogP contribution in [0.15, 0.2) is 10.6 Å². The van der Waals surface area contributed by atoms with Crippen LogP contribution in [-0.4, -0.2) is 16.7 Å². The molecule has 1 aromatic rings. The first-order chi connectivity index (χ1) is 5.36. The van der Waals surface area contributed by atoms with E-state index in [2.05, 4.69) is 20.5 Å². The zero-order chi connectivity index (χ0) is 8.10. The van der Waals surface area contributed by atoms with Gasteiger partial charge in [-0.15, -0.1) is 0 Å². The molecule has 6 heteroatoms. The summed E-state index contributed by atoms with van der Waals surface area (Å²) >= 11 is 0. The zero-order valence-corrected chi connectivity index (χ0v) is 5.57. The third-order valence-electron chi connectivity index (χ3n) is 0.974. The quantitative estimate of drug-likeness (QED) is 0.395. The molecule has 0 fully saturated rings. The number of nitrogens with zero attached hydrogens (tertiary/aromatic N) is 1. The first-order valence-corrected chi connectivity index (χ1v) is 2.88. The van der Waals surface area contributed by atoms with Crippen LogP contribution < -0.4 is 10.9 Å². The average Bonchev–Trinajstić information content (AvgIpc) is 2.48. The molecule has 1 amide bonds. The highest BCUT2D eigenvalue weighted by molar-refractivity contribution is 5.50. The SMILES string of the molecule is O=CNNc1cc(CO)on1. The van der Waals surface area contributed by atoms with Gasteiger partial charge in [0.2, 0.25) is 6.41 Å². The van der Waals surface area contributed by atoms with Gasteiger partial charge in [0.1, 0.15) is 6.61 Å². The van der Waals surface area contributed by atoms with Gasteiger partial charge in [-0.05, 0) is 0 Å². The average molecular weight is 157 g/mol. The van der Waals surface area contributed by atoms with Crippen LogP contribution >= 0.6 is 0 Å². The van der Waals surface area contributed by atoms with Crippen molar-refractivity contribution >= 4 is 12.2 Å². The van der Waals surface area contributed by atoms with Crippen LogP contribution in [0.5, 0.6) is 0 Å². The summed E-state index contributed by atoms with van der Waals surface area (Å²) in [4.78, 5) is 9.77. The van der Waals surface area contributed by atoms with E-state index in [-0.39, 0.29) is 6.61 Å². The summed E-state index contributed by atoms with van der Waals surface area (Å²) in [6.45, 7) is -0.213. The lowest BCUT2D eigenvalue weighted by Gasteiger charge is -1.93. The molecule has 0 radical (unpaired) electrons. The second-order valence-electron chi connectivity index (χ2n) is 1.72. The smallest absolute Gasteiger partial charge is 0.225 e. The van der Waals surface area contributed by atoms with Crippen molar-refractivity contribution < 1.29 is 14.4 Å². The van der Waals surface area contributed by atoms with E-state index in [1.165, 1.54) is 6.07 Å². The fourth-order valence-corrected chi connectivity index (χ4v) is 0.550. The fraction of sp³-hybridized carbons (Fsp3) is 0.200. The number of rotatable bonds is 4. The molecule has 6 nitrogen and oxygen atoms in total. The topological polar surface area (TPSA) is 87.4 Å². The van der Waals surface area contributed by atoms with Gasteiger partial charge in [0, 0.05) is 6.07 Å². The van der Waals surface area contributed by atoms with E-state index in [1.54, 1.807) is 0 Å². The van der Waals surface area contributed by atoms with E-state index < -0.39 is 0 Å². The molecule has 0 aliphatic carbocycles. The van der Waals surface area contributed by atoms with Crippen molar-refractivity contribution in [1.29, 1.82) is 0 Å². The number of aromatic nitrogens is 1. The molecule has 0 aliphatic heterocycles. The molecule has 0 bridgehead atoms. The monoisotopic (exact) mass is 157 g/mol. The summed E-state index contributed by atoms with van der Waals surface area (Å²) in [5.41, 5.74) is 4.58. The number of aliphatic hydroxyl groups is 1. The highest BCUT2D eigenvalue weighted by atomic mass is 16.5. The molecule has 1 heterocycles. The zero-order valence-electron chi connectivity index (χ0n) is 5.57. The van der Waals surface area contributed by atoms with Crippen molar-refractivity contribution in [3.63, 3.8) is 0 Å². The van der Waals surface area contributed by atoms with Gasteiger partial charge < -0.3 is 9.63 Å². The van der Waals surface area contributed by atoms with Gasteiger partial charge in [-0.1, -0.05) is 5.16 Å². The second kappa shape index (κ2) is 3.57. The van der Waals surface area contributed by atoms with Gasteiger partial charge in [-0.3, -0.25) is 15.6 Å². The minimum Gasteiger partial charge on any atom is -0.388 e. The number of nitrogens with one attached hydrogen (secondary N) is 2. The van der Waals surface area contributed by atoms with Gasteiger partial charge >= 0.3 is 0 Å². The fourth-order valence-electron chi connectivity index (χ4n) is 0.550. The Hall–Kier alpha value is -1.56. The summed E-state index contributed by atoms with van der Waals surface area (Å²) in [5.74, 6) is 0.682. The molecule has 11 heavy (non-hydrogen) atoms. The van der Waals surface area contributed by atoms with Crippen LogP contribution in [0.2, 0.25) is 0 Å². The van der Waals surface area contributed by atoms with Gasteiger partial charge in [-0.2, -0.15) is 0 Å². The van der Waals surface area contributed by atoms with E-state index in [9.17, 15) is 4.79 Å². The maximum absolute atomic E-state index is 9.77. The van der Waals surface area contributed by atoms with Gasteiger partial charge in [0.05, 0.1) is 0 Å². The minimum absolute atomic E-state index is 0.213. The Kier molecular flexibility index (Phi) is 2.45. The third-order valence-corrected chi connectivity index (χ3v) is 0.974. The Morgan fingerprint density at radius 2 is 2.64 bits per heavy atom. The highest BCUT2D eigenvalue weighted by Gasteiger charge is 1.99. The van der Waals surface area contributed by atoms with Gasteiger partial charge in [0.25, 0.3) is 0 Å².